The van der Waals surface area contributed by atoms with Crippen LogP contribution in [-0.4, -0.2) is 20.7 Å². The van der Waals surface area contributed by atoms with Gasteiger partial charge >= 0.3 is 0 Å². The zero-order chi connectivity index (χ0) is 21.0. The maximum Gasteiger partial charge on any atom is 0.161 e. The van der Waals surface area contributed by atoms with Crippen molar-refractivity contribution < 1.29 is 9.59 Å². The van der Waals surface area contributed by atoms with Gasteiger partial charge in [0.2, 0.25) is 0 Å². The standard InChI is InChI=1S/C27H20N2O2/c1-14(30)22-23(15(2)31)25-19-8-4-6-10-21(19)29-17-12-11-16(13-17)28-20-9-5-3-7-18(20)24(22)26(28)27(25)29/h3-12,16-17H,13H2,1-2H3. The highest BCUT2D eigenvalue weighted by Gasteiger charge is 2.36. The molecule has 1 aliphatic heterocycles. The lowest BCUT2D eigenvalue weighted by molar-refractivity contribution is 0.0983. The lowest BCUT2D eigenvalue weighted by Gasteiger charge is -2.15. The zero-order valence-corrected chi connectivity index (χ0v) is 17.3. The molecule has 5 aromatic rings. The number of aromatic nitrogens is 2. The van der Waals surface area contributed by atoms with Crippen molar-refractivity contribution in [1.29, 1.82) is 0 Å². The minimum absolute atomic E-state index is 0.0585. The largest absolute Gasteiger partial charge is 0.332 e. The molecule has 31 heavy (non-hydrogen) atoms. The van der Waals surface area contributed by atoms with Crippen molar-refractivity contribution in [2.45, 2.75) is 32.4 Å². The van der Waals surface area contributed by atoms with Gasteiger partial charge in [-0.2, -0.15) is 0 Å². The number of carbonyl (C=O) groups is 2. The van der Waals surface area contributed by atoms with Crippen molar-refractivity contribution in [2.75, 3.05) is 0 Å². The lowest BCUT2D eigenvalue weighted by atomic mass is 9.91. The summed E-state index contributed by atoms with van der Waals surface area (Å²) in [5.41, 5.74) is 5.54. The summed E-state index contributed by atoms with van der Waals surface area (Å²) in [6.07, 6.45) is 5.57. The Morgan fingerprint density at radius 1 is 0.710 bits per heavy atom. The van der Waals surface area contributed by atoms with Gasteiger partial charge in [-0.1, -0.05) is 48.6 Å². The number of rotatable bonds is 2. The summed E-state index contributed by atoms with van der Waals surface area (Å²) >= 11 is 0. The minimum atomic E-state index is -0.0585. The van der Waals surface area contributed by atoms with Gasteiger partial charge < -0.3 is 9.13 Å². The van der Waals surface area contributed by atoms with Gasteiger partial charge in [-0.3, -0.25) is 9.59 Å². The SMILES string of the molecule is CC(=O)c1c(C(C)=O)c2c3ccccc3n3c2c2c1c1ccccc1n2C1C=CC3C1. The van der Waals surface area contributed by atoms with Crippen LogP contribution in [0.3, 0.4) is 0 Å². The monoisotopic (exact) mass is 404 g/mol. The summed E-state index contributed by atoms with van der Waals surface area (Å²) in [5, 5.41) is 3.93. The predicted molar refractivity (Wildman–Crippen MR) is 124 cm³/mol. The Balaban J connectivity index is 1.96. The normalized spacial score (nSPS) is 19.3. The molecule has 0 fully saturated rings. The fraction of sp³-hybridized carbons (Fsp3) is 0.185. The van der Waals surface area contributed by atoms with Crippen LogP contribution >= 0.6 is 0 Å². The van der Waals surface area contributed by atoms with E-state index in [2.05, 4.69) is 57.7 Å². The van der Waals surface area contributed by atoms with Crippen LogP contribution in [0.2, 0.25) is 0 Å². The molecule has 2 aromatic heterocycles. The molecule has 4 nitrogen and oxygen atoms in total. The summed E-state index contributed by atoms with van der Waals surface area (Å²) in [6.45, 7) is 3.17. The molecule has 4 heteroatoms. The van der Waals surface area contributed by atoms with Crippen LogP contribution in [0.1, 0.15) is 53.1 Å². The van der Waals surface area contributed by atoms with E-state index in [0.717, 1.165) is 50.0 Å². The van der Waals surface area contributed by atoms with Crippen LogP contribution in [0.25, 0.3) is 43.6 Å². The van der Waals surface area contributed by atoms with Gasteiger partial charge in [0.25, 0.3) is 0 Å². The maximum atomic E-state index is 13.1. The van der Waals surface area contributed by atoms with Gasteiger partial charge in [-0.25, -0.2) is 0 Å². The second kappa shape index (κ2) is 5.52. The number of allylic oxidation sites excluding steroid dienone is 2. The van der Waals surface area contributed by atoms with Crippen molar-refractivity contribution in [1.82, 2.24) is 9.13 Å². The summed E-state index contributed by atoms with van der Waals surface area (Å²) in [5.74, 6) is -0.117. The molecule has 0 spiro atoms. The van der Waals surface area contributed by atoms with E-state index < -0.39 is 0 Å². The highest BCUT2D eigenvalue weighted by atomic mass is 16.1. The zero-order valence-electron chi connectivity index (χ0n) is 17.3. The molecule has 2 aliphatic rings. The van der Waals surface area contributed by atoms with Crippen molar-refractivity contribution in [2.24, 2.45) is 0 Å². The Labute approximate surface area is 178 Å². The van der Waals surface area contributed by atoms with E-state index in [1.54, 1.807) is 13.8 Å². The van der Waals surface area contributed by atoms with Crippen molar-refractivity contribution >= 4 is 55.2 Å². The van der Waals surface area contributed by atoms with Crippen LogP contribution in [0.5, 0.6) is 0 Å². The molecule has 150 valence electrons. The topological polar surface area (TPSA) is 44.0 Å². The smallest absolute Gasteiger partial charge is 0.161 e. The highest BCUT2D eigenvalue weighted by Crippen LogP contribution is 2.50. The number of nitrogens with zero attached hydrogens (tertiary/aromatic N) is 2. The molecule has 2 bridgehead atoms. The Morgan fingerprint density at radius 2 is 1.13 bits per heavy atom. The van der Waals surface area contributed by atoms with Crippen LogP contribution in [0.15, 0.2) is 60.7 Å². The number of hydrogen-bond donors (Lipinski definition) is 0. The third-order valence-electron chi connectivity index (χ3n) is 7.20. The van der Waals surface area contributed by atoms with Gasteiger partial charge in [0.1, 0.15) is 0 Å². The molecule has 0 saturated carbocycles. The fourth-order valence-corrected chi connectivity index (χ4v) is 6.19. The lowest BCUT2D eigenvalue weighted by Crippen LogP contribution is -2.08. The molecular formula is C27H20N2O2. The molecule has 3 heterocycles. The second-order valence-corrected chi connectivity index (χ2v) is 8.84. The summed E-state index contributed by atoms with van der Waals surface area (Å²) < 4.78 is 4.81. The van der Waals surface area contributed by atoms with E-state index in [0.29, 0.717) is 11.1 Å². The number of ketones is 2. The third kappa shape index (κ3) is 1.87. The molecule has 2 unspecified atom stereocenters. The number of hydrogen-bond acceptors (Lipinski definition) is 2. The number of benzene rings is 3. The first-order valence-electron chi connectivity index (χ1n) is 10.8. The van der Waals surface area contributed by atoms with Gasteiger partial charge in [0.15, 0.2) is 11.6 Å². The Kier molecular flexibility index (Phi) is 3.04. The molecule has 1 aliphatic carbocycles. The van der Waals surface area contributed by atoms with E-state index in [4.69, 9.17) is 0 Å². The van der Waals surface area contributed by atoms with Gasteiger partial charge in [-0.05, 0) is 32.4 Å². The Bertz CT molecular complexity index is 1560. The summed E-state index contributed by atoms with van der Waals surface area (Å²) in [6, 6.07) is 17.0. The van der Waals surface area contributed by atoms with Crippen molar-refractivity contribution in [3.05, 3.63) is 71.8 Å². The van der Waals surface area contributed by atoms with Crippen molar-refractivity contribution in [3.63, 3.8) is 0 Å². The van der Waals surface area contributed by atoms with Crippen molar-refractivity contribution in [3.8, 4) is 0 Å². The maximum absolute atomic E-state index is 13.1. The van der Waals surface area contributed by atoms with Gasteiger partial charge in [-0.15, -0.1) is 0 Å². The van der Waals surface area contributed by atoms with Crippen LogP contribution in [-0.2, 0) is 0 Å². The number of para-hydroxylation sites is 2. The molecule has 7 rings (SSSR count). The summed E-state index contributed by atoms with van der Waals surface area (Å²) in [4.78, 5) is 26.2. The van der Waals surface area contributed by atoms with E-state index in [-0.39, 0.29) is 23.7 Å². The van der Waals surface area contributed by atoms with E-state index in [1.807, 2.05) is 12.1 Å². The molecule has 3 aromatic carbocycles. The number of carbonyl (C=O) groups excluding carboxylic acids is 2. The molecule has 0 amide bonds. The Hall–Kier alpha value is -3.66. The number of Topliss-reactive ketones (excluding diaryl/α,β-unsaturated/α-hetero) is 2. The average molecular weight is 404 g/mol. The quantitative estimate of drug-likeness (QED) is 0.254. The van der Waals surface area contributed by atoms with E-state index in [9.17, 15) is 9.59 Å². The number of fused-ring (bicyclic) bond motifs is 10. The fourth-order valence-electron chi connectivity index (χ4n) is 6.19. The average Bonchev–Trinajstić information content (AvgIpc) is 3.41. The third-order valence-corrected chi connectivity index (χ3v) is 7.20. The van der Waals surface area contributed by atoms with Crippen LogP contribution in [0.4, 0.5) is 0 Å². The first-order chi connectivity index (χ1) is 15.1. The highest BCUT2D eigenvalue weighted by molar-refractivity contribution is 6.34. The first-order valence-corrected chi connectivity index (χ1v) is 10.8. The molecule has 0 saturated heterocycles. The molecule has 2 atom stereocenters. The molecular weight excluding hydrogens is 384 g/mol. The van der Waals surface area contributed by atoms with E-state index in [1.165, 1.54) is 0 Å². The Morgan fingerprint density at radius 3 is 1.55 bits per heavy atom. The first kappa shape index (κ1) is 17.1. The second-order valence-electron chi connectivity index (χ2n) is 8.84. The predicted octanol–water partition coefficient (Wildman–Crippen LogP) is 6.36. The van der Waals surface area contributed by atoms with Crippen LogP contribution < -0.4 is 0 Å². The van der Waals surface area contributed by atoms with E-state index >= 15 is 0 Å². The van der Waals surface area contributed by atoms with Gasteiger partial charge in [0.05, 0.1) is 23.1 Å². The molecule has 0 radical (unpaired) electrons. The van der Waals surface area contributed by atoms with Gasteiger partial charge in [0, 0.05) is 43.7 Å². The molecule has 0 N–H and O–H groups in total. The van der Waals surface area contributed by atoms with Crippen LogP contribution in [0, 0.1) is 0 Å². The minimum Gasteiger partial charge on any atom is -0.332 e. The summed E-state index contributed by atoms with van der Waals surface area (Å²) in [7, 11) is 0.